The predicted molar refractivity (Wildman–Crippen MR) is 74.1 cm³/mol. The number of carbonyl (C=O) groups is 1. The monoisotopic (exact) mass is 295 g/mol. The Bertz CT molecular complexity index is 613. The van der Waals surface area contributed by atoms with Crippen molar-refractivity contribution in [1.29, 1.82) is 0 Å². The summed E-state index contributed by atoms with van der Waals surface area (Å²) in [7, 11) is 1.84. The smallest absolute Gasteiger partial charge is 0.271 e. The van der Waals surface area contributed by atoms with Gasteiger partial charge in [0.15, 0.2) is 0 Å². The molecule has 0 spiro atoms. The number of rotatable bonds is 5. The number of halogens is 1. The van der Waals surface area contributed by atoms with E-state index in [4.69, 9.17) is 17.4 Å². The van der Waals surface area contributed by atoms with E-state index in [1.165, 1.54) is 0 Å². The quantitative estimate of drug-likeness (QED) is 0.534. The van der Waals surface area contributed by atoms with Crippen LogP contribution in [0.15, 0.2) is 18.5 Å². The number of aryl methyl sites for hydroxylation is 1. The van der Waals surface area contributed by atoms with Crippen molar-refractivity contribution in [3.8, 4) is 0 Å². The third-order valence-corrected chi connectivity index (χ3v) is 2.95. The highest BCUT2D eigenvalue weighted by atomic mass is 35.5. The zero-order valence-electron chi connectivity index (χ0n) is 10.8. The minimum absolute atomic E-state index is 0.125. The van der Waals surface area contributed by atoms with Crippen LogP contribution >= 0.6 is 11.6 Å². The van der Waals surface area contributed by atoms with Crippen LogP contribution in [-0.2, 0) is 13.5 Å². The molecule has 0 atom stereocenters. The highest BCUT2D eigenvalue weighted by Gasteiger charge is 2.13. The number of carbonyl (C=O) groups excluding carboxylic acids is 1. The number of nitrogens with two attached hydrogens (primary N) is 1. The summed E-state index contributed by atoms with van der Waals surface area (Å²) < 4.78 is 1.79. The van der Waals surface area contributed by atoms with Gasteiger partial charge in [0.1, 0.15) is 23.7 Å². The lowest BCUT2D eigenvalue weighted by molar-refractivity contribution is 0.0949. The summed E-state index contributed by atoms with van der Waals surface area (Å²) in [4.78, 5) is 16.0. The number of nitrogens with one attached hydrogen (secondary N) is 2. The first kappa shape index (κ1) is 14.2. The second-order valence-electron chi connectivity index (χ2n) is 4.04. The molecule has 2 rings (SSSR count). The minimum atomic E-state index is -0.366. The first-order valence-corrected chi connectivity index (χ1v) is 6.24. The van der Waals surface area contributed by atoms with Crippen LogP contribution in [0.3, 0.4) is 0 Å². The molecule has 2 aromatic rings. The normalized spacial score (nSPS) is 10.3. The van der Waals surface area contributed by atoms with Gasteiger partial charge >= 0.3 is 0 Å². The zero-order chi connectivity index (χ0) is 14.5. The number of anilines is 1. The van der Waals surface area contributed by atoms with Gasteiger partial charge in [-0.15, -0.1) is 10.2 Å². The Morgan fingerprint density at radius 2 is 2.30 bits per heavy atom. The number of aromatic nitrogens is 4. The van der Waals surface area contributed by atoms with Crippen LogP contribution in [0.2, 0.25) is 5.02 Å². The molecule has 4 N–H and O–H groups in total. The van der Waals surface area contributed by atoms with E-state index >= 15 is 0 Å². The van der Waals surface area contributed by atoms with Gasteiger partial charge in [-0.3, -0.25) is 4.79 Å². The summed E-state index contributed by atoms with van der Waals surface area (Å²) >= 11 is 5.93. The van der Waals surface area contributed by atoms with Crippen LogP contribution in [0.25, 0.3) is 0 Å². The van der Waals surface area contributed by atoms with Gasteiger partial charge in [-0.2, -0.15) is 0 Å². The fourth-order valence-electron chi connectivity index (χ4n) is 1.59. The Labute approximate surface area is 120 Å². The summed E-state index contributed by atoms with van der Waals surface area (Å²) in [5.41, 5.74) is 2.49. The van der Waals surface area contributed by atoms with Crippen molar-refractivity contribution < 1.29 is 4.79 Å². The molecule has 2 heterocycles. The Kier molecular flexibility index (Phi) is 4.49. The van der Waals surface area contributed by atoms with Gasteiger partial charge in [-0.25, -0.2) is 10.8 Å². The Balaban J connectivity index is 1.96. The van der Waals surface area contributed by atoms with E-state index in [0.717, 1.165) is 5.82 Å². The third-order valence-electron chi connectivity index (χ3n) is 2.65. The lowest BCUT2D eigenvalue weighted by atomic mass is 10.3. The van der Waals surface area contributed by atoms with Crippen LogP contribution in [0.1, 0.15) is 16.3 Å². The topological polar surface area (TPSA) is 111 Å². The number of nitrogens with zero attached hydrogens (tertiary/aromatic N) is 4. The van der Waals surface area contributed by atoms with Crippen molar-refractivity contribution >= 4 is 23.3 Å². The molecule has 106 valence electrons. The fraction of sp³-hybridized carbons (Fsp3) is 0.273. The van der Waals surface area contributed by atoms with Gasteiger partial charge in [0.2, 0.25) is 0 Å². The molecule has 0 bridgehead atoms. The van der Waals surface area contributed by atoms with Gasteiger partial charge in [-0.05, 0) is 12.1 Å². The largest absolute Gasteiger partial charge is 0.350 e. The maximum Gasteiger partial charge on any atom is 0.271 e. The highest BCUT2D eigenvalue weighted by molar-refractivity contribution is 6.33. The molecular formula is C11H14ClN7O. The van der Waals surface area contributed by atoms with Crippen molar-refractivity contribution in [3.63, 3.8) is 0 Å². The number of pyridine rings is 1. The molecule has 0 fully saturated rings. The van der Waals surface area contributed by atoms with Crippen LogP contribution in [-0.4, -0.2) is 32.2 Å². The molecular weight excluding hydrogens is 282 g/mol. The van der Waals surface area contributed by atoms with E-state index in [-0.39, 0.29) is 16.6 Å². The molecule has 0 saturated carbocycles. The SMILES string of the molecule is Cn1cnnc1CCNC(=O)c1nc(NN)ccc1Cl. The van der Waals surface area contributed by atoms with E-state index < -0.39 is 0 Å². The Morgan fingerprint density at radius 3 is 2.95 bits per heavy atom. The Morgan fingerprint density at radius 1 is 1.50 bits per heavy atom. The minimum Gasteiger partial charge on any atom is -0.350 e. The highest BCUT2D eigenvalue weighted by Crippen LogP contribution is 2.15. The summed E-state index contributed by atoms with van der Waals surface area (Å²) in [6, 6.07) is 3.14. The van der Waals surface area contributed by atoms with E-state index in [1.807, 2.05) is 7.05 Å². The van der Waals surface area contributed by atoms with Crippen molar-refractivity contribution in [2.45, 2.75) is 6.42 Å². The van der Waals surface area contributed by atoms with E-state index in [1.54, 1.807) is 23.0 Å². The zero-order valence-corrected chi connectivity index (χ0v) is 11.6. The van der Waals surface area contributed by atoms with Gasteiger partial charge in [0.25, 0.3) is 5.91 Å². The lowest BCUT2D eigenvalue weighted by Gasteiger charge is -2.07. The number of nitrogen functional groups attached to an aromatic ring is 1. The van der Waals surface area contributed by atoms with Gasteiger partial charge in [0, 0.05) is 20.0 Å². The van der Waals surface area contributed by atoms with E-state index in [0.29, 0.717) is 18.8 Å². The average Bonchev–Trinajstić information content (AvgIpc) is 2.85. The van der Waals surface area contributed by atoms with E-state index in [2.05, 4.69) is 25.9 Å². The third kappa shape index (κ3) is 3.22. The summed E-state index contributed by atoms with van der Waals surface area (Å²) in [5.74, 6) is 6.03. The van der Waals surface area contributed by atoms with Crippen molar-refractivity contribution in [3.05, 3.63) is 35.0 Å². The molecule has 0 aliphatic rings. The summed E-state index contributed by atoms with van der Waals surface area (Å²) in [6.45, 7) is 0.406. The average molecular weight is 296 g/mol. The van der Waals surface area contributed by atoms with E-state index in [9.17, 15) is 4.79 Å². The number of hydrazine groups is 1. The van der Waals surface area contributed by atoms with Crippen molar-refractivity contribution in [1.82, 2.24) is 25.1 Å². The maximum absolute atomic E-state index is 12.0. The van der Waals surface area contributed by atoms with Crippen LogP contribution < -0.4 is 16.6 Å². The van der Waals surface area contributed by atoms with Crippen LogP contribution in [0.4, 0.5) is 5.82 Å². The molecule has 0 aliphatic carbocycles. The second-order valence-corrected chi connectivity index (χ2v) is 4.44. The van der Waals surface area contributed by atoms with Crippen molar-refractivity contribution in [2.24, 2.45) is 12.9 Å². The molecule has 2 aromatic heterocycles. The number of hydrogen-bond acceptors (Lipinski definition) is 6. The maximum atomic E-state index is 12.0. The standard InChI is InChI=1S/C11H14ClN7O/c1-19-6-15-18-9(19)4-5-14-11(20)10-7(12)2-3-8(16-10)17-13/h2-3,6H,4-5,13H2,1H3,(H,14,20)(H,16,17). The summed E-state index contributed by atoms with van der Waals surface area (Å²) in [5, 5.41) is 10.7. The van der Waals surface area contributed by atoms with Crippen molar-refractivity contribution in [2.75, 3.05) is 12.0 Å². The molecule has 9 heteroatoms. The first-order valence-electron chi connectivity index (χ1n) is 5.86. The molecule has 0 saturated heterocycles. The molecule has 0 unspecified atom stereocenters. The second kappa shape index (κ2) is 6.31. The fourth-order valence-corrected chi connectivity index (χ4v) is 1.78. The molecule has 1 amide bonds. The van der Waals surface area contributed by atoms with Gasteiger partial charge < -0.3 is 15.3 Å². The first-order chi connectivity index (χ1) is 9.61. The molecule has 0 aliphatic heterocycles. The van der Waals surface area contributed by atoms with Gasteiger partial charge in [-0.1, -0.05) is 11.6 Å². The molecule has 20 heavy (non-hydrogen) atoms. The molecule has 8 nitrogen and oxygen atoms in total. The number of hydrogen-bond donors (Lipinski definition) is 3. The molecule has 0 radical (unpaired) electrons. The summed E-state index contributed by atoms with van der Waals surface area (Å²) in [6.07, 6.45) is 2.17. The predicted octanol–water partition coefficient (Wildman–Crippen LogP) is 0.122. The van der Waals surface area contributed by atoms with Crippen LogP contribution in [0.5, 0.6) is 0 Å². The lowest BCUT2D eigenvalue weighted by Crippen LogP contribution is -2.28. The van der Waals surface area contributed by atoms with Gasteiger partial charge in [0.05, 0.1) is 5.02 Å². The molecule has 0 aromatic carbocycles. The number of amides is 1. The Hall–Kier alpha value is -2.19. The van der Waals surface area contributed by atoms with Crippen LogP contribution in [0, 0.1) is 0 Å².